The van der Waals surface area contributed by atoms with E-state index in [0.717, 1.165) is 0 Å². The van der Waals surface area contributed by atoms with Gasteiger partial charge in [0, 0.05) is 0 Å². The molecule has 0 atom stereocenters. The lowest BCUT2D eigenvalue weighted by Gasteiger charge is -2.34. The van der Waals surface area contributed by atoms with E-state index in [1.807, 2.05) is 0 Å². The minimum atomic E-state index is -2.68. The molecule has 0 aromatic heterocycles. The predicted octanol–water partition coefficient (Wildman–Crippen LogP) is 15.5. The van der Waals surface area contributed by atoms with Crippen LogP contribution in [0.5, 0.6) is 0 Å². The van der Waals surface area contributed by atoms with E-state index in [2.05, 4.69) is 267 Å². The van der Waals surface area contributed by atoms with Crippen molar-refractivity contribution >= 4 is 93.5 Å². The van der Waals surface area contributed by atoms with Crippen molar-refractivity contribution in [2.24, 2.45) is 0 Å². The molecule has 14 aromatic rings. The van der Waals surface area contributed by atoms with Gasteiger partial charge < -0.3 is 0 Å². The van der Waals surface area contributed by atoms with Crippen LogP contribution in [0.2, 0.25) is 0 Å². The second-order valence-corrected chi connectivity index (χ2v) is 22.5. The first kappa shape index (κ1) is 39.5. The number of benzene rings is 14. The molecule has 0 nitrogen and oxygen atoms in total. The molecule has 0 saturated carbocycles. The summed E-state index contributed by atoms with van der Waals surface area (Å²) < 4.78 is 0. The fraction of sp³-hybridized carbons (Fsp3) is 0. The van der Waals surface area contributed by atoms with Gasteiger partial charge in [0.2, 0.25) is 0 Å². The maximum atomic E-state index is 2.42. The molecule has 0 heterocycles. The molecule has 0 aliphatic rings. The normalized spacial score (nSPS) is 12.1. The molecule has 69 heavy (non-hydrogen) atoms. The minimum Gasteiger partial charge on any atom is -0.0623 e. The summed E-state index contributed by atoms with van der Waals surface area (Å²) in [6, 6.07) is 101. The first-order valence-corrected chi connectivity index (χ1v) is 26.1. The van der Waals surface area contributed by atoms with E-state index >= 15 is 0 Å². The van der Waals surface area contributed by atoms with Crippen molar-refractivity contribution in [1.29, 1.82) is 0 Å². The second kappa shape index (κ2) is 15.7. The zero-order valence-corrected chi connectivity index (χ0v) is 38.9. The van der Waals surface area contributed by atoms with Crippen molar-refractivity contribution in [3.8, 4) is 44.5 Å². The van der Waals surface area contributed by atoms with E-state index in [-0.39, 0.29) is 0 Å². The summed E-state index contributed by atoms with van der Waals surface area (Å²) in [6.07, 6.45) is 0. The minimum absolute atomic E-state index is 1.19. The van der Waals surface area contributed by atoms with Crippen molar-refractivity contribution in [3.63, 3.8) is 0 Å². The Bertz CT molecular complexity index is 4070. The molecule has 0 unspecified atom stereocenters. The van der Waals surface area contributed by atoms with Gasteiger partial charge in [-0.05, 0) is 148 Å². The number of rotatable bonds is 8. The van der Waals surface area contributed by atoms with Gasteiger partial charge in [-0.25, -0.2) is 0 Å². The van der Waals surface area contributed by atoms with Crippen LogP contribution < -0.4 is 20.7 Å². The molecule has 0 N–H and O–H groups in total. The van der Waals surface area contributed by atoms with Crippen LogP contribution in [-0.2, 0) is 0 Å². The Kier molecular flexibility index (Phi) is 9.02. The second-order valence-electron chi connectivity index (χ2n) is 18.7. The molecular weight excluding hydrogens is 845 g/mol. The van der Waals surface area contributed by atoms with Gasteiger partial charge >= 0.3 is 0 Å². The van der Waals surface area contributed by atoms with Crippen LogP contribution in [0.3, 0.4) is 0 Å². The molecule has 0 aliphatic heterocycles. The molecule has 0 bridgehead atoms. The first-order chi connectivity index (χ1) is 34.2. The smallest absolute Gasteiger partial charge is 0.0623 e. The molecule has 0 amide bonds. The summed E-state index contributed by atoms with van der Waals surface area (Å²) in [4.78, 5) is 0. The summed E-state index contributed by atoms with van der Waals surface area (Å²) >= 11 is 0. The topological polar surface area (TPSA) is 0 Å². The van der Waals surface area contributed by atoms with Crippen molar-refractivity contribution in [2.45, 2.75) is 0 Å². The number of hydrogen-bond acceptors (Lipinski definition) is 0. The van der Waals surface area contributed by atoms with Gasteiger partial charge in [-0.15, -0.1) is 0 Å². The van der Waals surface area contributed by atoms with Crippen molar-refractivity contribution < 1.29 is 0 Å². The Hall–Kier alpha value is -8.62. The third-order valence-electron chi connectivity index (χ3n) is 15.1. The quantitative estimate of drug-likeness (QED) is 0.0810. The third-order valence-corrected chi connectivity index (χ3v) is 19.9. The summed E-state index contributed by atoms with van der Waals surface area (Å²) in [5.74, 6) is 0. The third kappa shape index (κ3) is 6.21. The molecule has 0 radical (unpaired) electrons. The molecule has 0 fully saturated rings. The molecule has 1 heteroatoms. The van der Waals surface area contributed by atoms with Gasteiger partial charge in [0.15, 0.2) is 8.07 Å². The molecule has 0 saturated heterocycles. The maximum absolute atomic E-state index is 2.68. The van der Waals surface area contributed by atoms with Gasteiger partial charge in [0.25, 0.3) is 0 Å². The zero-order chi connectivity index (χ0) is 45.5. The van der Waals surface area contributed by atoms with Crippen molar-refractivity contribution in [3.05, 3.63) is 267 Å². The summed E-state index contributed by atoms with van der Waals surface area (Å²) in [7, 11) is -2.68. The summed E-state index contributed by atoms with van der Waals surface area (Å²) in [6.45, 7) is 0. The lowest BCUT2D eigenvalue weighted by atomic mass is 9.87. The van der Waals surface area contributed by atoms with Crippen LogP contribution in [0.15, 0.2) is 267 Å². The van der Waals surface area contributed by atoms with Gasteiger partial charge in [0.1, 0.15) is 0 Å². The largest absolute Gasteiger partial charge is 0.179 e. The van der Waals surface area contributed by atoms with Gasteiger partial charge in [0.05, 0.1) is 0 Å². The lowest BCUT2D eigenvalue weighted by Crippen LogP contribution is -2.74. The van der Waals surface area contributed by atoms with Crippen LogP contribution in [0.1, 0.15) is 0 Å². The van der Waals surface area contributed by atoms with E-state index in [1.54, 1.807) is 0 Å². The molecule has 0 spiro atoms. The van der Waals surface area contributed by atoms with Crippen LogP contribution in [0.4, 0.5) is 0 Å². The molecule has 14 aromatic carbocycles. The van der Waals surface area contributed by atoms with E-state index in [0.29, 0.717) is 0 Å². The molecule has 0 aliphatic carbocycles. The fourth-order valence-electron chi connectivity index (χ4n) is 11.9. The zero-order valence-electron chi connectivity index (χ0n) is 37.9. The van der Waals surface area contributed by atoms with E-state index in [1.165, 1.54) is 130 Å². The van der Waals surface area contributed by atoms with E-state index in [9.17, 15) is 0 Å². The highest BCUT2D eigenvalue weighted by molar-refractivity contribution is 7.19. The Balaban J connectivity index is 0.941. The standard InChI is InChI=1S/C68H44Si/c1-4-16-57(17-5-1)69(58-18-6-2-7-19-58,59-20-8-3-9-21-59)60-36-30-46(31-37-60)55-42-54(43-56(44-55)62-39-33-53-29-27-49-13-11-15-51-35-41-64(62)68(53)66(49)51)45-22-24-47(25-23-45)61-38-32-52-28-26-48-12-10-14-50-34-40-63(61)67(52)65(48)50/h1-44H. The van der Waals surface area contributed by atoms with Gasteiger partial charge in [-0.2, -0.15) is 0 Å². The van der Waals surface area contributed by atoms with Crippen molar-refractivity contribution in [2.75, 3.05) is 0 Å². The van der Waals surface area contributed by atoms with E-state index in [4.69, 9.17) is 0 Å². The fourth-order valence-corrected chi connectivity index (χ4v) is 16.7. The first-order valence-electron chi connectivity index (χ1n) is 24.1. The average molecular weight is 889 g/mol. The predicted molar refractivity (Wildman–Crippen MR) is 299 cm³/mol. The van der Waals surface area contributed by atoms with Gasteiger partial charge in [-0.3, -0.25) is 0 Å². The van der Waals surface area contributed by atoms with Crippen LogP contribution in [0, 0.1) is 0 Å². The van der Waals surface area contributed by atoms with E-state index < -0.39 is 8.07 Å². The van der Waals surface area contributed by atoms with Crippen LogP contribution in [0.25, 0.3) is 109 Å². The highest BCUT2D eigenvalue weighted by Gasteiger charge is 2.41. The highest BCUT2D eigenvalue weighted by Crippen LogP contribution is 2.43. The van der Waals surface area contributed by atoms with Gasteiger partial charge in [-0.1, -0.05) is 249 Å². The van der Waals surface area contributed by atoms with Crippen LogP contribution >= 0.6 is 0 Å². The Morgan fingerprint density at radius 1 is 0.188 bits per heavy atom. The number of hydrogen-bond donors (Lipinski definition) is 0. The average Bonchev–Trinajstić information content (AvgIpc) is 3.43. The van der Waals surface area contributed by atoms with Crippen molar-refractivity contribution in [1.82, 2.24) is 0 Å². The molecule has 14 rings (SSSR count). The lowest BCUT2D eigenvalue weighted by molar-refractivity contribution is 1.58. The summed E-state index contributed by atoms with van der Waals surface area (Å²) in [5, 5.41) is 21.1. The Morgan fingerprint density at radius 2 is 0.507 bits per heavy atom. The highest BCUT2D eigenvalue weighted by atomic mass is 28.3. The Morgan fingerprint density at radius 3 is 0.942 bits per heavy atom. The Labute approximate surface area is 402 Å². The molecule has 320 valence electrons. The maximum Gasteiger partial charge on any atom is 0.179 e. The monoisotopic (exact) mass is 888 g/mol. The SMILES string of the molecule is c1ccc([Si](c2ccccc2)(c2ccccc2)c2ccc(-c3cc(-c4ccc(-c5ccc6ccc7cccc8ccc5c6c78)cc4)cc(-c4ccc5ccc6cccc7ccc4c5c67)c3)cc2)cc1. The molecular formula is C68H44Si. The van der Waals surface area contributed by atoms with Crippen LogP contribution in [-0.4, -0.2) is 8.07 Å². The summed E-state index contributed by atoms with van der Waals surface area (Å²) in [5.41, 5.74) is 9.72.